The minimum atomic E-state index is -5.30. The highest BCUT2D eigenvalue weighted by Crippen LogP contribution is 2.42. The number of hydrogen-bond acceptors (Lipinski definition) is 4. The fraction of sp³-hybridized carbons (Fsp3) is 0.448. The topological polar surface area (TPSA) is 80.0 Å². The minimum Gasteiger partial charge on any atom is -0.379 e. The van der Waals surface area contributed by atoms with E-state index in [1.165, 1.54) is 11.5 Å². The molecule has 2 aromatic heterocycles. The Balaban J connectivity index is 1.98. The number of rotatable bonds is 8. The van der Waals surface area contributed by atoms with Crippen molar-refractivity contribution < 1.29 is 36.2 Å². The Morgan fingerprint density at radius 1 is 1.12 bits per heavy atom. The van der Waals surface area contributed by atoms with Crippen LogP contribution in [0.4, 0.5) is 26.3 Å². The van der Waals surface area contributed by atoms with Crippen LogP contribution in [0, 0.1) is 6.92 Å². The van der Waals surface area contributed by atoms with Crippen LogP contribution in [0.25, 0.3) is 0 Å². The summed E-state index contributed by atoms with van der Waals surface area (Å²) in [6, 6.07) is 6.45. The Kier molecular flexibility index (Phi) is 9.98. The molecule has 0 fully saturated rings. The summed E-state index contributed by atoms with van der Waals surface area (Å²) in [4.78, 5) is 23.1. The molecule has 42 heavy (non-hydrogen) atoms. The van der Waals surface area contributed by atoms with Gasteiger partial charge < -0.3 is 15.0 Å². The van der Waals surface area contributed by atoms with Crippen molar-refractivity contribution in [3.63, 3.8) is 0 Å². The van der Waals surface area contributed by atoms with Gasteiger partial charge in [-0.2, -0.15) is 36.8 Å². The molecule has 1 aromatic carbocycles. The van der Waals surface area contributed by atoms with E-state index in [1.54, 1.807) is 27.0 Å². The number of aliphatic hydroxyl groups excluding tert-OH is 1. The molecule has 2 unspecified atom stereocenters. The lowest BCUT2D eigenvalue weighted by molar-refractivity contribution is -0.209. The number of carbonyl (C=O) groups excluding carboxylic acids is 1. The summed E-state index contributed by atoms with van der Waals surface area (Å²) in [6.45, 7) is 10.4. The van der Waals surface area contributed by atoms with Crippen LogP contribution in [0.3, 0.4) is 0 Å². The molecule has 0 aliphatic heterocycles. The number of amides is 1. The third kappa shape index (κ3) is 7.41. The molecule has 2 atom stereocenters. The molecule has 0 spiro atoms. The van der Waals surface area contributed by atoms with Gasteiger partial charge in [0.25, 0.3) is 5.91 Å². The lowest BCUT2D eigenvalue weighted by Crippen LogP contribution is -2.26. The molecule has 3 aromatic rings. The van der Waals surface area contributed by atoms with Crippen molar-refractivity contribution in [3.05, 3.63) is 76.1 Å². The van der Waals surface area contributed by atoms with E-state index in [0.717, 1.165) is 22.8 Å². The lowest BCUT2D eigenvalue weighted by atomic mass is 9.94. The van der Waals surface area contributed by atoms with Crippen molar-refractivity contribution in [2.45, 2.75) is 83.4 Å². The maximum atomic E-state index is 14.1. The quantitative estimate of drug-likeness (QED) is 0.212. The van der Waals surface area contributed by atoms with Crippen LogP contribution in [0.15, 0.2) is 41.4 Å². The van der Waals surface area contributed by atoms with Crippen LogP contribution in [0.5, 0.6) is 0 Å². The predicted molar refractivity (Wildman–Crippen MR) is 151 cm³/mol. The number of halogens is 6. The molecule has 0 aliphatic carbocycles. The number of carbonyl (C=O) groups is 1. The Bertz CT molecular complexity index is 1450. The number of alkyl halides is 6. The van der Waals surface area contributed by atoms with E-state index in [-0.39, 0.29) is 34.2 Å². The second kappa shape index (κ2) is 12.6. The molecule has 0 bridgehead atoms. The third-order valence-corrected chi connectivity index (χ3v) is 8.67. The van der Waals surface area contributed by atoms with Crippen LogP contribution in [0.2, 0.25) is 0 Å². The fourth-order valence-electron chi connectivity index (χ4n) is 4.58. The number of nitrogens with one attached hydrogen (secondary N) is 1. The molecule has 6 nitrogen and oxygen atoms in total. The summed E-state index contributed by atoms with van der Waals surface area (Å²) in [5.74, 6) is 0.643. The normalized spacial score (nSPS) is 14.2. The molecule has 0 saturated carbocycles. The number of aromatic nitrogens is 3. The second-order valence-electron chi connectivity index (χ2n) is 10.6. The SMILES string of the molecule is C/C=S(/CC)c1ccc(CNC(=O)c2nc(C(C)(C)C)n(Cc3cccc(C(O)C(F)(F)F)c3C(F)(F)F)c2C)nc1. The maximum absolute atomic E-state index is 14.1. The molecule has 0 saturated heterocycles. The van der Waals surface area contributed by atoms with Crippen LogP contribution in [-0.4, -0.2) is 42.8 Å². The molecule has 0 aliphatic rings. The molecule has 13 heteroatoms. The smallest absolute Gasteiger partial charge is 0.379 e. The van der Waals surface area contributed by atoms with Gasteiger partial charge in [-0.25, -0.2) is 4.98 Å². The van der Waals surface area contributed by atoms with Gasteiger partial charge in [0, 0.05) is 34.3 Å². The lowest BCUT2D eigenvalue weighted by Gasteiger charge is -2.25. The Morgan fingerprint density at radius 3 is 2.29 bits per heavy atom. The van der Waals surface area contributed by atoms with Crippen molar-refractivity contribution >= 4 is 21.8 Å². The van der Waals surface area contributed by atoms with E-state index < -0.39 is 53.0 Å². The summed E-state index contributed by atoms with van der Waals surface area (Å²) in [6.07, 6.45) is -12.1. The standard InChI is InChI=1S/C29H34F6N4O2S/c1-7-42(8-2)20-13-12-19(36-15-20)14-37-25(41)23-17(3)39(26(38-23)27(4,5)6)16-18-10-9-11-21(22(18)28(30,31)32)24(40)29(33,34)35/h7,9-13,15,24,40H,8,14,16H2,1-6H3,(H,37,41). The number of nitrogens with zero attached hydrogens (tertiary/aromatic N) is 3. The highest BCUT2D eigenvalue weighted by Gasteiger charge is 2.46. The van der Waals surface area contributed by atoms with Gasteiger partial charge in [-0.05, 0) is 37.3 Å². The van der Waals surface area contributed by atoms with Crippen molar-refractivity contribution in [2.24, 2.45) is 0 Å². The molecule has 2 N–H and O–H groups in total. The van der Waals surface area contributed by atoms with Crippen LogP contribution < -0.4 is 5.32 Å². The highest BCUT2D eigenvalue weighted by atomic mass is 32.2. The van der Waals surface area contributed by atoms with E-state index in [1.807, 2.05) is 19.1 Å². The zero-order valence-corrected chi connectivity index (χ0v) is 24.9. The minimum absolute atomic E-state index is 0.0234. The molecular formula is C29H34F6N4O2S. The molecule has 3 rings (SSSR count). The van der Waals surface area contributed by atoms with Gasteiger partial charge >= 0.3 is 12.4 Å². The van der Waals surface area contributed by atoms with Crippen LogP contribution in [0.1, 0.15) is 85.1 Å². The highest BCUT2D eigenvalue weighted by molar-refractivity contribution is 8.15. The summed E-state index contributed by atoms with van der Waals surface area (Å²) in [5.41, 5.74) is -3.29. The van der Waals surface area contributed by atoms with Gasteiger partial charge in [0.2, 0.25) is 0 Å². The molecule has 230 valence electrons. The number of hydrogen-bond donors (Lipinski definition) is 2. The Labute approximate surface area is 243 Å². The number of benzene rings is 1. The molecule has 0 radical (unpaired) electrons. The zero-order chi connectivity index (χ0) is 31.6. The van der Waals surface area contributed by atoms with Gasteiger partial charge in [0.15, 0.2) is 6.10 Å². The van der Waals surface area contributed by atoms with Gasteiger partial charge in [0.05, 0.1) is 17.8 Å². The Hall–Kier alpha value is -3.19. The summed E-state index contributed by atoms with van der Waals surface area (Å²) >= 11 is 0. The third-order valence-electron chi connectivity index (χ3n) is 6.63. The van der Waals surface area contributed by atoms with Crippen LogP contribution in [-0.2, 0) is 24.7 Å². The molecular weight excluding hydrogens is 582 g/mol. The first-order valence-corrected chi connectivity index (χ1v) is 14.6. The first-order chi connectivity index (χ1) is 19.4. The first kappa shape index (κ1) is 33.3. The van der Waals surface area contributed by atoms with Gasteiger partial charge in [-0.1, -0.05) is 51.3 Å². The number of aliphatic hydroxyl groups is 1. The van der Waals surface area contributed by atoms with E-state index in [2.05, 4.69) is 27.6 Å². The van der Waals surface area contributed by atoms with Gasteiger partial charge in [-0.3, -0.25) is 9.78 Å². The van der Waals surface area contributed by atoms with Gasteiger partial charge in [-0.15, -0.1) is 0 Å². The summed E-state index contributed by atoms with van der Waals surface area (Å²) in [5, 5.41) is 14.6. The van der Waals surface area contributed by atoms with E-state index in [9.17, 15) is 36.2 Å². The number of imidazole rings is 1. The summed E-state index contributed by atoms with van der Waals surface area (Å²) in [7, 11) is -0.0249. The average Bonchev–Trinajstić information content (AvgIpc) is 3.23. The molecule has 2 heterocycles. The summed E-state index contributed by atoms with van der Waals surface area (Å²) < 4.78 is 83.5. The van der Waals surface area contributed by atoms with E-state index in [4.69, 9.17) is 0 Å². The van der Waals surface area contributed by atoms with Gasteiger partial charge in [0.1, 0.15) is 11.5 Å². The zero-order valence-electron chi connectivity index (χ0n) is 24.1. The van der Waals surface area contributed by atoms with Crippen molar-refractivity contribution in [2.75, 3.05) is 5.75 Å². The predicted octanol–water partition coefficient (Wildman–Crippen LogP) is 6.95. The largest absolute Gasteiger partial charge is 0.418 e. The fourth-order valence-corrected chi connectivity index (χ4v) is 5.95. The van der Waals surface area contributed by atoms with E-state index in [0.29, 0.717) is 11.8 Å². The van der Waals surface area contributed by atoms with Crippen LogP contribution >= 0.6 is 10.5 Å². The monoisotopic (exact) mass is 616 g/mol. The van der Waals surface area contributed by atoms with Crippen molar-refractivity contribution in [3.8, 4) is 0 Å². The first-order valence-electron chi connectivity index (χ1n) is 13.1. The van der Waals surface area contributed by atoms with Crippen molar-refractivity contribution in [1.82, 2.24) is 19.9 Å². The van der Waals surface area contributed by atoms with Crippen molar-refractivity contribution in [1.29, 1.82) is 0 Å². The molecule has 1 amide bonds. The number of pyridine rings is 1. The second-order valence-corrected chi connectivity index (χ2v) is 13.0. The maximum Gasteiger partial charge on any atom is 0.418 e. The van der Waals surface area contributed by atoms with E-state index >= 15 is 0 Å². The Morgan fingerprint density at radius 2 is 1.79 bits per heavy atom. The average molecular weight is 617 g/mol.